The minimum atomic E-state index is 0.280. The number of rotatable bonds is 4. The summed E-state index contributed by atoms with van der Waals surface area (Å²) in [5.41, 5.74) is 0.980. The lowest BCUT2D eigenvalue weighted by Crippen LogP contribution is -2.34. The molecule has 3 rings (SSSR count). The Morgan fingerprint density at radius 2 is 2.11 bits per heavy atom. The van der Waals surface area contributed by atoms with Crippen LogP contribution in [-0.2, 0) is 0 Å². The van der Waals surface area contributed by atoms with Gasteiger partial charge in [0, 0.05) is 5.39 Å². The highest BCUT2D eigenvalue weighted by atomic mass is 16.3. The van der Waals surface area contributed by atoms with E-state index in [0.717, 1.165) is 36.9 Å². The molecule has 1 saturated heterocycles. The van der Waals surface area contributed by atoms with Crippen LogP contribution in [0.25, 0.3) is 11.0 Å². The highest BCUT2D eigenvalue weighted by Crippen LogP contribution is 2.24. The number of para-hydroxylation sites is 1. The maximum absolute atomic E-state index is 5.89. The molecule has 1 fully saturated rings. The number of fused-ring (bicyclic) bond motifs is 1. The zero-order valence-electron chi connectivity index (χ0n) is 11.5. The Hall–Kier alpha value is -1.32. The van der Waals surface area contributed by atoms with Gasteiger partial charge < -0.3 is 15.1 Å². The summed E-state index contributed by atoms with van der Waals surface area (Å²) in [7, 11) is 0. The number of hydrogen-bond donors (Lipinski definition) is 2. The van der Waals surface area contributed by atoms with Crippen LogP contribution >= 0.6 is 0 Å². The van der Waals surface area contributed by atoms with E-state index in [9.17, 15) is 0 Å². The van der Waals surface area contributed by atoms with Crippen LogP contribution in [0, 0.1) is 5.92 Å². The van der Waals surface area contributed by atoms with Gasteiger partial charge in [0.1, 0.15) is 11.3 Å². The lowest BCUT2D eigenvalue weighted by Gasteiger charge is -2.24. The molecule has 2 aromatic rings. The van der Waals surface area contributed by atoms with Crippen LogP contribution in [0.15, 0.2) is 34.7 Å². The van der Waals surface area contributed by atoms with Gasteiger partial charge in [0.15, 0.2) is 0 Å². The van der Waals surface area contributed by atoms with Gasteiger partial charge in [-0.1, -0.05) is 18.2 Å². The zero-order valence-corrected chi connectivity index (χ0v) is 11.5. The lowest BCUT2D eigenvalue weighted by molar-refractivity contribution is 0.334. The van der Waals surface area contributed by atoms with Crippen LogP contribution in [0.1, 0.15) is 31.6 Å². The first-order valence-electron chi connectivity index (χ1n) is 7.25. The molecule has 0 aliphatic carbocycles. The molecule has 3 heteroatoms. The predicted octanol–water partition coefficient (Wildman–Crippen LogP) is 3.08. The summed E-state index contributed by atoms with van der Waals surface area (Å²) >= 11 is 0. The van der Waals surface area contributed by atoms with Gasteiger partial charge in [-0.05, 0) is 57.5 Å². The molecule has 0 saturated carbocycles. The van der Waals surface area contributed by atoms with E-state index in [4.69, 9.17) is 4.42 Å². The van der Waals surface area contributed by atoms with Gasteiger partial charge in [0.2, 0.25) is 0 Å². The Balaban J connectivity index is 1.61. The first-order valence-corrected chi connectivity index (χ1v) is 7.25. The lowest BCUT2D eigenvalue weighted by atomic mass is 9.98. The summed E-state index contributed by atoms with van der Waals surface area (Å²) in [5, 5.41) is 8.20. The molecule has 1 unspecified atom stereocenters. The maximum Gasteiger partial charge on any atom is 0.134 e. The second kappa shape index (κ2) is 5.76. The Morgan fingerprint density at radius 1 is 1.32 bits per heavy atom. The van der Waals surface area contributed by atoms with E-state index in [1.54, 1.807) is 0 Å². The molecule has 2 heterocycles. The first-order chi connectivity index (χ1) is 9.33. The van der Waals surface area contributed by atoms with Gasteiger partial charge in [-0.25, -0.2) is 0 Å². The average molecular weight is 258 g/mol. The number of benzene rings is 1. The zero-order chi connectivity index (χ0) is 13.1. The number of furan rings is 1. The van der Waals surface area contributed by atoms with Gasteiger partial charge >= 0.3 is 0 Å². The Morgan fingerprint density at radius 3 is 2.89 bits per heavy atom. The molecular weight excluding hydrogens is 236 g/mol. The van der Waals surface area contributed by atoms with Crippen LogP contribution in [0.3, 0.4) is 0 Å². The number of piperidine rings is 1. The summed E-state index contributed by atoms with van der Waals surface area (Å²) in [6.45, 7) is 5.58. The molecule has 0 bridgehead atoms. The molecule has 0 spiro atoms. The molecule has 1 aromatic carbocycles. The molecular formula is C16H22N2O. The largest absolute Gasteiger partial charge is 0.459 e. The molecule has 102 valence electrons. The Kier molecular flexibility index (Phi) is 3.85. The van der Waals surface area contributed by atoms with E-state index < -0.39 is 0 Å². The van der Waals surface area contributed by atoms with Crippen molar-refractivity contribution in [1.82, 2.24) is 10.6 Å². The van der Waals surface area contributed by atoms with E-state index in [1.165, 1.54) is 18.2 Å². The third-order valence-electron chi connectivity index (χ3n) is 4.04. The van der Waals surface area contributed by atoms with Gasteiger partial charge in [-0.15, -0.1) is 0 Å². The fourth-order valence-electron chi connectivity index (χ4n) is 2.75. The van der Waals surface area contributed by atoms with E-state index in [-0.39, 0.29) is 6.04 Å². The smallest absolute Gasteiger partial charge is 0.134 e. The molecule has 1 aliphatic heterocycles. The fourth-order valence-corrected chi connectivity index (χ4v) is 2.75. The number of hydrogen-bond acceptors (Lipinski definition) is 3. The standard InChI is InChI=1S/C16H22N2O/c1-12(18-11-13-6-8-17-9-7-13)16-10-14-4-2-3-5-15(14)19-16/h2-5,10,12-13,17-18H,6-9,11H2,1H3. The SMILES string of the molecule is CC(NCC1CCNCC1)c1cc2ccccc2o1. The normalized spacial score (nSPS) is 18.8. The highest BCUT2D eigenvalue weighted by molar-refractivity contribution is 5.77. The van der Waals surface area contributed by atoms with Crippen molar-refractivity contribution in [2.45, 2.75) is 25.8 Å². The predicted molar refractivity (Wildman–Crippen MR) is 78.2 cm³/mol. The van der Waals surface area contributed by atoms with Crippen LogP contribution in [0.4, 0.5) is 0 Å². The summed E-state index contributed by atoms with van der Waals surface area (Å²) in [6.07, 6.45) is 2.56. The van der Waals surface area contributed by atoms with Crippen LogP contribution in [0.5, 0.6) is 0 Å². The van der Waals surface area contributed by atoms with E-state index >= 15 is 0 Å². The summed E-state index contributed by atoms with van der Waals surface area (Å²) in [4.78, 5) is 0. The number of nitrogens with one attached hydrogen (secondary N) is 2. The maximum atomic E-state index is 5.89. The van der Waals surface area contributed by atoms with Gasteiger partial charge in [0.25, 0.3) is 0 Å². The quantitative estimate of drug-likeness (QED) is 0.885. The van der Waals surface area contributed by atoms with Crippen LogP contribution in [-0.4, -0.2) is 19.6 Å². The van der Waals surface area contributed by atoms with E-state index in [1.807, 2.05) is 12.1 Å². The summed E-state index contributed by atoms with van der Waals surface area (Å²) < 4.78 is 5.89. The third kappa shape index (κ3) is 2.99. The van der Waals surface area contributed by atoms with Crippen molar-refractivity contribution in [3.63, 3.8) is 0 Å². The minimum Gasteiger partial charge on any atom is -0.459 e. The minimum absolute atomic E-state index is 0.280. The van der Waals surface area contributed by atoms with Crippen molar-refractivity contribution in [3.8, 4) is 0 Å². The van der Waals surface area contributed by atoms with Crippen molar-refractivity contribution in [2.24, 2.45) is 5.92 Å². The molecule has 3 nitrogen and oxygen atoms in total. The van der Waals surface area contributed by atoms with Gasteiger partial charge in [0.05, 0.1) is 6.04 Å². The van der Waals surface area contributed by atoms with Crippen molar-refractivity contribution >= 4 is 11.0 Å². The van der Waals surface area contributed by atoms with Gasteiger partial charge in [-0.2, -0.15) is 0 Å². The monoisotopic (exact) mass is 258 g/mol. The summed E-state index contributed by atoms with van der Waals surface area (Å²) in [5.74, 6) is 1.84. The molecule has 19 heavy (non-hydrogen) atoms. The molecule has 0 radical (unpaired) electrons. The molecule has 0 amide bonds. The van der Waals surface area contributed by atoms with E-state index in [0.29, 0.717) is 0 Å². The third-order valence-corrected chi connectivity index (χ3v) is 4.04. The van der Waals surface area contributed by atoms with Crippen molar-refractivity contribution in [3.05, 3.63) is 36.1 Å². The molecule has 1 aromatic heterocycles. The average Bonchev–Trinajstić information content (AvgIpc) is 2.90. The molecule has 1 atom stereocenters. The van der Waals surface area contributed by atoms with Crippen molar-refractivity contribution in [1.29, 1.82) is 0 Å². The topological polar surface area (TPSA) is 37.2 Å². The second-order valence-corrected chi connectivity index (χ2v) is 5.51. The van der Waals surface area contributed by atoms with E-state index in [2.05, 4.69) is 35.8 Å². The highest BCUT2D eigenvalue weighted by Gasteiger charge is 2.16. The second-order valence-electron chi connectivity index (χ2n) is 5.51. The Bertz CT molecular complexity index is 495. The Labute approximate surface area is 114 Å². The molecule has 2 N–H and O–H groups in total. The van der Waals surface area contributed by atoms with Crippen LogP contribution in [0.2, 0.25) is 0 Å². The van der Waals surface area contributed by atoms with Crippen molar-refractivity contribution in [2.75, 3.05) is 19.6 Å². The fraction of sp³-hybridized carbons (Fsp3) is 0.500. The first kappa shape index (κ1) is 12.7. The van der Waals surface area contributed by atoms with Gasteiger partial charge in [-0.3, -0.25) is 0 Å². The molecule has 1 aliphatic rings. The summed E-state index contributed by atoms with van der Waals surface area (Å²) in [6, 6.07) is 10.6. The van der Waals surface area contributed by atoms with Crippen LogP contribution < -0.4 is 10.6 Å². The van der Waals surface area contributed by atoms with Crippen molar-refractivity contribution < 1.29 is 4.42 Å².